The highest BCUT2D eigenvalue weighted by molar-refractivity contribution is 6.31. The number of halogens is 6. The second-order valence-electron chi connectivity index (χ2n) is 19.6. The molecule has 0 bridgehead atoms. The molecule has 1 saturated heterocycles. The molecule has 0 spiro atoms. The van der Waals surface area contributed by atoms with Crippen LogP contribution in [0.2, 0.25) is 5.02 Å². The fourth-order valence-electron chi connectivity index (χ4n) is 10.4. The molecule has 1 unspecified atom stereocenters. The average Bonchev–Trinajstić information content (AvgIpc) is 4.30. The molecule has 1 atom stereocenters. The van der Waals surface area contributed by atoms with Crippen LogP contribution < -0.4 is 15.4 Å². The van der Waals surface area contributed by atoms with Gasteiger partial charge in [0.25, 0.3) is 0 Å². The van der Waals surface area contributed by atoms with Gasteiger partial charge in [-0.05, 0) is 133 Å². The largest absolute Gasteiger partial charge is 0.573 e. The number of nitrogens with zero attached hydrogens (tertiary/aromatic N) is 11. The molecule has 2 aliphatic rings. The molecule has 21 heteroatoms. The quantitative estimate of drug-likeness (QED) is 0.111. The molecule has 13 rings (SSSR count). The van der Waals surface area contributed by atoms with Crippen LogP contribution >= 0.6 is 11.6 Å². The van der Waals surface area contributed by atoms with Crippen LogP contribution in [-0.2, 0) is 24.0 Å². The number of pyridine rings is 4. The number of alkyl halides is 3. The zero-order chi connectivity index (χ0) is 56.5. The molecule has 1 fully saturated rings. The normalized spacial score (nSPS) is 14.0. The van der Waals surface area contributed by atoms with Crippen molar-refractivity contribution in [2.24, 2.45) is 4.99 Å². The summed E-state index contributed by atoms with van der Waals surface area (Å²) in [6.45, 7) is 4.79. The van der Waals surface area contributed by atoms with E-state index in [-0.39, 0.29) is 16.9 Å². The molecule has 0 saturated carbocycles. The summed E-state index contributed by atoms with van der Waals surface area (Å²) in [4.78, 5) is 45.8. The van der Waals surface area contributed by atoms with Gasteiger partial charge >= 0.3 is 6.36 Å². The summed E-state index contributed by atoms with van der Waals surface area (Å²) in [6.07, 6.45) is 13.3. The van der Waals surface area contributed by atoms with Gasteiger partial charge in [0.2, 0.25) is 0 Å². The zero-order valence-corrected chi connectivity index (χ0v) is 44.6. The van der Waals surface area contributed by atoms with E-state index in [1.54, 1.807) is 49.6 Å². The summed E-state index contributed by atoms with van der Waals surface area (Å²) in [5.74, 6) is -1.48. The van der Waals surface area contributed by atoms with Crippen LogP contribution in [0.4, 0.5) is 50.6 Å². The highest BCUT2D eigenvalue weighted by Gasteiger charge is 2.33. The van der Waals surface area contributed by atoms with E-state index in [2.05, 4.69) is 68.2 Å². The number of aryl methyl sites for hydroxylation is 2. The van der Waals surface area contributed by atoms with Crippen molar-refractivity contribution in [1.82, 2.24) is 49.4 Å². The van der Waals surface area contributed by atoms with Crippen LogP contribution in [0.15, 0.2) is 146 Å². The Bertz CT molecular complexity index is 4270. The van der Waals surface area contributed by atoms with Gasteiger partial charge in [-0.1, -0.05) is 35.9 Å². The lowest BCUT2D eigenvalue weighted by Crippen LogP contribution is -2.18. The molecule has 9 heterocycles. The van der Waals surface area contributed by atoms with Crippen molar-refractivity contribution in [1.29, 1.82) is 0 Å². The molecule has 0 aliphatic carbocycles. The molecule has 2 aliphatic heterocycles. The van der Waals surface area contributed by atoms with Crippen molar-refractivity contribution in [3.05, 3.63) is 197 Å². The van der Waals surface area contributed by atoms with Gasteiger partial charge in [-0.3, -0.25) is 19.5 Å². The number of aromatic nitrogens is 10. The Labute approximate surface area is 470 Å². The van der Waals surface area contributed by atoms with Crippen LogP contribution in [0.5, 0.6) is 5.75 Å². The first-order chi connectivity index (χ1) is 39.8. The Balaban J connectivity index is 0.000000167. The van der Waals surface area contributed by atoms with E-state index in [1.165, 1.54) is 18.5 Å². The molecule has 2 N–H and O–H groups in total. The summed E-state index contributed by atoms with van der Waals surface area (Å²) in [7, 11) is 0. The maximum Gasteiger partial charge on any atom is 0.573 e. The minimum absolute atomic E-state index is 0.0555. The lowest BCUT2D eigenvalue weighted by molar-refractivity contribution is -0.275. The number of ether oxygens (including phenoxy) is 2. The predicted molar refractivity (Wildman–Crippen MR) is 304 cm³/mol. The molecule has 0 amide bonds. The van der Waals surface area contributed by atoms with Gasteiger partial charge in [-0.15, -0.1) is 13.2 Å². The van der Waals surface area contributed by atoms with Gasteiger partial charge in [-0.25, -0.2) is 43.7 Å². The fraction of sp³-hybridized carbons (Fsp3) is 0.180. The van der Waals surface area contributed by atoms with Crippen LogP contribution in [0.3, 0.4) is 0 Å². The number of hydrogen-bond donors (Lipinski definition) is 2. The lowest BCUT2D eigenvalue weighted by atomic mass is 9.94. The summed E-state index contributed by atoms with van der Waals surface area (Å²) >= 11 is 5.98. The number of imidazole rings is 1. The number of rotatable bonds is 12. The summed E-state index contributed by atoms with van der Waals surface area (Å²) in [5.41, 5.74) is 13.1. The average molecular weight is 1120 g/mol. The van der Waals surface area contributed by atoms with Gasteiger partial charge in [-0.2, -0.15) is 0 Å². The Morgan fingerprint density at radius 1 is 0.646 bits per heavy atom. The van der Waals surface area contributed by atoms with Crippen molar-refractivity contribution < 1.29 is 31.4 Å². The number of benzene rings is 4. The Morgan fingerprint density at radius 2 is 1.27 bits per heavy atom. The molecule has 82 heavy (non-hydrogen) atoms. The van der Waals surface area contributed by atoms with Crippen LogP contribution in [0.25, 0.3) is 55.2 Å². The number of anilines is 4. The van der Waals surface area contributed by atoms with Crippen LogP contribution in [0, 0.1) is 25.5 Å². The topological polar surface area (TPSA) is 176 Å². The van der Waals surface area contributed by atoms with Crippen molar-refractivity contribution >= 4 is 79.2 Å². The second kappa shape index (κ2) is 22.6. The summed E-state index contributed by atoms with van der Waals surface area (Å²) in [5, 5.41) is 9.95. The highest BCUT2D eigenvalue weighted by Crippen LogP contribution is 2.39. The minimum atomic E-state index is -5.03. The Kier molecular flexibility index (Phi) is 14.7. The van der Waals surface area contributed by atoms with E-state index in [9.17, 15) is 22.0 Å². The molecular formula is C61H47ClF5N13O2. The third-order valence-electron chi connectivity index (χ3n) is 14.4. The summed E-state index contributed by atoms with van der Waals surface area (Å²) < 4.78 is 77.8. The molecule has 4 aromatic carbocycles. The van der Waals surface area contributed by atoms with Crippen molar-refractivity contribution in [2.75, 3.05) is 17.2 Å². The third-order valence-corrected chi connectivity index (χ3v) is 14.7. The second-order valence-corrected chi connectivity index (χ2v) is 20.0. The van der Waals surface area contributed by atoms with Gasteiger partial charge in [0, 0.05) is 96.2 Å². The maximum absolute atomic E-state index is 14.0. The lowest BCUT2D eigenvalue weighted by Gasteiger charge is -2.23. The number of nitrogens with one attached hydrogen (secondary N) is 2. The van der Waals surface area contributed by atoms with Gasteiger partial charge in [0.1, 0.15) is 58.9 Å². The Morgan fingerprint density at radius 3 is 1.90 bits per heavy atom. The SMILES string of the molecule is Cc1ccc2c(Nc3ccc(F)c(Cl)c3)nccc2c1Cc1ncccc1-c1ncnc2c1N=CC2.Cc1ccc2c(Nc3ccc(F)c(OC(F)(F)F)c3)nccc2c1Cc1ncccc1-c1ncnc2c1ncn2C1CCCCO1. The standard InChI is InChI=1S/C33H27F4N7O2.C28H20ClFN6/c1-19-7-9-22-21(11-13-39-31(22)43-20-8-10-25(34)27(15-20)46-33(35,36)37)24(19)16-26-23(5-4-12-38-26)29-30-32(41-17-40-29)44(18-42-30)28-6-2-3-14-45-28;1-16-4-6-19-18(8-11-33-28(19)36-17-5-7-23(30)22(29)13-17)21(16)14-25-20(3-2-10-31-25)26-27-24(9-12-32-27)34-15-35-26/h4-5,7-13,15,17-18,28H,2-3,6,14,16H2,1H3,(H,39,43);2-8,10-13,15H,9,14H2,1H3,(H,33,36). The first kappa shape index (κ1) is 53.3. The number of hydrogen-bond acceptors (Lipinski definition) is 14. The minimum Gasteiger partial charge on any atom is -0.403 e. The molecule has 11 aromatic rings. The van der Waals surface area contributed by atoms with E-state index in [0.717, 1.165) is 115 Å². The monoisotopic (exact) mass is 1120 g/mol. The predicted octanol–water partition coefficient (Wildman–Crippen LogP) is 14.6. The fourth-order valence-corrected chi connectivity index (χ4v) is 10.6. The van der Waals surface area contributed by atoms with E-state index in [0.29, 0.717) is 60.1 Å². The smallest absolute Gasteiger partial charge is 0.403 e. The summed E-state index contributed by atoms with van der Waals surface area (Å²) in [6, 6.07) is 27.3. The van der Waals surface area contributed by atoms with Crippen molar-refractivity contribution in [3.8, 4) is 28.3 Å². The first-order valence-electron chi connectivity index (χ1n) is 26.2. The number of fused-ring (bicyclic) bond motifs is 4. The molecule has 410 valence electrons. The van der Waals surface area contributed by atoms with Crippen LogP contribution in [0.1, 0.15) is 64.8 Å². The van der Waals surface area contributed by atoms with Crippen molar-refractivity contribution in [2.45, 2.75) is 65.0 Å². The zero-order valence-electron chi connectivity index (χ0n) is 43.9. The van der Waals surface area contributed by atoms with Gasteiger partial charge < -0.3 is 20.1 Å². The van der Waals surface area contributed by atoms with Crippen LogP contribution in [-0.4, -0.2) is 68.6 Å². The van der Waals surface area contributed by atoms with Gasteiger partial charge in [0.15, 0.2) is 17.2 Å². The molecular weight excluding hydrogens is 1080 g/mol. The molecule has 7 aromatic heterocycles. The van der Waals surface area contributed by atoms with E-state index in [1.807, 2.05) is 72.3 Å². The maximum atomic E-state index is 14.0. The number of aliphatic imine (C=N–C) groups is 1. The van der Waals surface area contributed by atoms with E-state index in [4.69, 9.17) is 26.3 Å². The van der Waals surface area contributed by atoms with Crippen molar-refractivity contribution in [3.63, 3.8) is 0 Å². The highest BCUT2D eigenvalue weighted by atomic mass is 35.5. The van der Waals surface area contributed by atoms with E-state index < -0.39 is 23.7 Å². The first-order valence-corrected chi connectivity index (χ1v) is 26.5. The van der Waals surface area contributed by atoms with Gasteiger partial charge in [0.05, 0.1) is 28.4 Å². The Hall–Kier alpha value is -9.40. The third kappa shape index (κ3) is 11.0. The van der Waals surface area contributed by atoms with E-state index >= 15 is 0 Å². The molecule has 0 radical (unpaired) electrons. The molecule has 15 nitrogen and oxygen atoms in total.